The number of carboxylic acid groups (broad SMARTS) is 1. The Balaban J connectivity index is 1.82. The van der Waals surface area contributed by atoms with E-state index in [0.29, 0.717) is 17.4 Å². The third-order valence-electron chi connectivity index (χ3n) is 5.06. The maximum Gasteiger partial charge on any atom is 0.356 e. The normalized spacial score (nSPS) is 16.4. The molecule has 3 heterocycles. The van der Waals surface area contributed by atoms with Gasteiger partial charge in [0, 0.05) is 17.8 Å². The van der Waals surface area contributed by atoms with Gasteiger partial charge in [0.25, 0.3) is 0 Å². The highest BCUT2D eigenvalue weighted by Crippen LogP contribution is 2.30. The number of aromatic carboxylic acids is 1. The molecule has 4 rings (SSSR count). The van der Waals surface area contributed by atoms with E-state index < -0.39 is 5.97 Å². The lowest BCUT2D eigenvalue weighted by Crippen LogP contribution is -2.23. The monoisotopic (exact) mass is 335 g/mol. The molecule has 0 saturated carbocycles. The standard InChI is InChI=1S/C20H21N3O2/c1-14(22-10-4-5-11-22)15-7-6-8-16(13-15)19-18(20(24)25)21-17-9-2-3-12-23(17)19/h2-3,6-9,12-14H,4-5,10-11H2,1H3,(H,24,25)/t14-/m0/s1. The molecule has 1 aliphatic heterocycles. The van der Waals surface area contributed by atoms with E-state index >= 15 is 0 Å². The zero-order valence-electron chi connectivity index (χ0n) is 14.2. The van der Waals surface area contributed by atoms with Crippen molar-refractivity contribution in [1.29, 1.82) is 0 Å². The minimum absolute atomic E-state index is 0.0946. The first-order valence-corrected chi connectivity index (χ1v) is 8.70. The van der Waals surface area contributed by atoms with E-state index in [4.69, 9.17) is 0 Å². The second kappa shape index (κ2) is 6.33. The minimum Gasteiger partial charge on any atom is -0.476 e. The number of imidazole rings is 1. The number of likely N-dealkylation sites (tertiary alicyclic amines) is 1. The van der Waals surface area contributed by atoms with Gasteiger partial charge in [0.05, 0.1) is 5.69 Å². The molecule has 1 aromatic carbocycles. The number of hydrogen-bond donors (Lipinski definition) is 1. The molecule has 0 bridgehead atoms. The van der Waals surface area contributed by atoms with Crippen molar-refractivity contribution in [2.75, 3.05) is 13.1 Å². The molecule has 3 aromatic rings. The highest BCUT2D eigenvalue weighted by Gasteiger charge is 2.22. The lowest BCUT2D eigenvalue weighted by atomic mass is 10.0. The van der Waals surface area contributed by atoms with Crippen LogP contribution in [0.4, 0.5) is 0 Å². The van der Waals surface area contributed by atoms with Crippen LogP contribution in [0.5, 0.6) is 0 Å². The van der Waals surface area contributed by atoms with E-state index in [0.717, 1.165) is 18.7 Å². The van der Waals surface area contributed by atoms with Crippen LogP contribution >= 0.6 is 0 Å². The zero-order valence-corrected chi connectivity index (χ0v) is 14.2. The van der Waals surface area contributed by atoms with Crippen molar-refractivity contribution in [3.8, 4) is 11.3 Å². The topological polar surface area (TPSA) is 57.8 Å². The summed E-state index contributed by atoms with van der Waals surface area (Å²) in [7, 11) is 0. The molecule has 0 amide bonds. The van der Waals surface area contributed by atoms with Crippen molar-refractivity contribution in [3.63, 3.8) is 0 Å². The molecule has 128 valence electrons. The van der Waals surface area contributed by atoms with E-state index in [2.05, 4.69) is 28.9 Å². The molecule has 1 N–H and O–H groups in total. The molecule has 1 fully saturated rings. The van der Waals surface area contributed by atoms with E-state index in [-0.39, 0.29) is 5.69 Å². The summed E-state index contributed by atoms with van der Waals surface area (Å²) in [6.07, 6.45) is 4.36. The molecule has 0 aliphatic carbocycles. The number of fused-ring (bicyclic) bond motifs is 1. The Hall–Kier alpha value is -2.66. The van der Waals surface area contributed by atoms with Crippen molar-refractivity contribution >= 4 is 11.6 Å². The van der Waals surface area contributed by atoms with Gasteiger partial charge in [-0.25, -0.2) is 9.78 Å². The first-order valence-electron chi connectivity index (χ1n) is 8.70. The second-order valence-corrected chi connectivity index (χ2v) is 6.59. The summed E-state index contributed by atoms with van der Waals surface area (Å²) in [5.41, 5.74) is 3.48. The Morgan fingerprint density at radius 2 is 1.96 bits per heavy atom. The number of benzene rings is 1. The van der Waals surface area contributed by atoms with Crippen LogP contribution in [0, 0.1) is 0 Å². The van der Waals surface area contributed by atoms with Crippen molar-refractivity contribution in [3.05, 3.63) is 59.9 Å². The zero-order chi connectivity index (χ0) is 17.4. The van der Waals surface area contributed by atoms with Gasteiger partial charge in [0.2, 0.25) is 0 Å². The summed E-state index contributed by atoms with van der Waals surface area (Å²) >= 11 is 0. The maximum absolute atomic E-state index is 11.7. The molecular formula is C20H21N3O2. The SMILES string of the molecule is C[C@@H](c1cccc(-c2c(C(=O)O)nc3ccccn23)c1)N1CCCC1. The second-order valence-electron chi connectivity index (χ2n) is 6.59. The van der Waals surface area contributed by atoms with Crippen molar-refractivity contribution in [2.45, 2.75) is 25.8 Å². The van der Waals surface area contributed by atoms with Gasteiger partial charge in [-0.15, -0.1) is 0 Å². The Labute approximate surface area is 146 Å². The predicted octanol–water partition coefficient (Wildman–Crippen LogP) is 3.86. The number of nitrogens with zero attached hydrogens (tertiary/aromatic N) is 3. The first kappa shape index (κ1) is 15.8. The summed E-state index contributed by atoms with van der Waals surface area (Å²) < 4.78 is 1.85. The minimum atomic E-state index is -1.00. The van der Waals surface area contributed by atoms with Crippen LogP contribution in [0.25, 0.3) is 16.9 Å². The third kappa shape index (κ3) is 2.81. The highest BCUT2D eigenvalue weighted by atomic mass is 16.4. The highest BCUT2D eigenvalue weighted by molar-refractivity contribution is 5.94. The Morgan fingerprint density at radius 3 is 2.72 bits per heavy atom. The summed E-state index contributed by atoms with van der Waals surface area (Å²) in [5, 5.41) is 9.60. The maximum atomic E-state index is 11.7. The van der Waals surface area contributed by atoms with Crippen LogP contribution < -0.4 is 0 Å². The Morgan fingerprint density at radius 1 is 1.16 bits per heavy atom. The van der Waals surface area contributed by atoms with E-state index in [1.54, 1.807) is 0 Å². The number of hydrogen-bond acceptors (Lipinski definition) is 3. The van der Waals surface area contributed by atoms with Gasteiger partial charge < -0.3 is 5.11 Å². The summed E-state index contributed by atoms with van der Waals surface area (Å²) in [6.45, 7) is 4.47. The van der Waals surface area contributed by atoms with Crippen LogP contribution in [0.1, 0.15) is 41.9 Å². The van der Waals surface area contributed by atoms with Gasteiger partial charge in [0.1, 0.15) is 5.65 Å². The quantitative estimate of drug-likeness (QED) is 0.787. The van der Waals surface area contributed by atoms with E-state index in [1.807, 2.05) is 40.9 Å². The predicted molar refractivity (Wildman–Crippen MR) is 96.8 cm³/mol. The molecule has 1 atom stereocenters. The van der Waals surface area contributed by atoms with Crippen molar-refractivity contribution in [2.24, 2.45) is 0 Å². The lowest BCUT2D eigenvalue weighted by molar-refractivity contribution is 0.0692. The molecule has 1 saturated heterocycles. The first-order chi connectivity index (χ1) is 12.1. The van der Waals surface area contributed by atoms with Gasteiger partial charge in [0.15, 0.2) is 5.69 Å². The molecular weight excluding hydrogens is 314 g/mol. The van der Waals surface area contributed by atoms with Gasteiger partial charge in [-0.3, -0.25) is 9.30 Å². The Bertz CT molecular complexity index is 926. The lowest BCUT2D eigenvalue weighted by Gasteiger charge is -2.24. The molecule has 5 heteroatoms. The largest absolute Gasteiger partial charge is 0.476 e. The number of rotatable bonds is 4. The van der Waals surface area contributed by atoms with Gasteiger partial charge >= 0.3 is 5.97 Å². The fraction of sp³-hybridized carbons (Fsp3) is 0.300. The molecule has 0 radical (unpaired) electrons. The van der Waals surface area contributed by atoms with Crippen LogP contribution in [0.2, 0.25) is 0 Å². The Kier molecular flexibility index (Phi) is 4.01. The van der Waals surface area contributed by atoms with E-state index in [1.165, 1.54) is 18.4 Å². The van der Waals surface area contributed by atoms with Gasteiger partial charge in [-0.1, -0.05) is 24.3 Å². The van der Waals surface area contributed by atoms with Crippen molar-refractivity contribution in [1.82, 2.24) is 14.3 Å². The summed E-state index contributed by atoms with van der Waals surface area (Å²) in [4.78, 5) is 18.5. The van der Waals surface area contributed by atoms with Crippen LogP contribution in [-0.4, -0.2) is 38.4 Å². The van der Waals surface area contributed by atoms with Gasteiger partial charge in [-0.05, 0) is 56.6 Å². The number of carboxylic acids is 1. The number of carbonyl (C=O) groups is 1. The average molecular weight is 335 g/mol. The van der Waals surface area contributed by atoms with E-state index in [9.17, 15) is 9.90 Å². The van der Waals surface area contributed by atoms with Crippen LogP contribution in [0.3, 0.4) is 0 Å². The van der Waals surface area contributed by atoms with Crippen molar-refractivity contribution < 1.29 is 9.90 Å². The summed E-state index contributed by atoms with van der Waals surface area (Å²) in [5.74, 6) is -1.00. The fourth-order valence-corrected chi connectivity index (χ4v) is 3.71. The smallest absolute Gasteiger partial charge is 0.356 e. The fourth-order valence-electron chi connectivity index (χ4n) is 3.71. The van der Waals surface area contributed by atoms with Crippen LogP contribution in [-0.2, 0) is 0 Å². The van der Waals surface area contributed by atoms with Crippen LogP contribution in [0.15, 0.2) is 48.7 Å². The number of aromatic nitrogens is 2. The molecule has 5 nitrogen and oxygen atoms in total. The molecule has 0 spiro atoms. The third-order valence-corrected chi connectivity index (χ3v) is 5.06. The molecule has 25 heavy (non-hydrogen) atoms. The summed E-state index contributed by atoms with van der Waals surface area (Å²) in [6, 6.07) is 14.1. The molecule has 0 unspecified atom stereocenters. The molecule has 2 aromatic heterocycles. The average Bonchev–Trinajstić information content (AvgIpc) is 3.29. The molecule has 1 aliphatic rings. The number of pyridine rings is 1. The van der Waals surface area contributed by atoms with Gasteiger partial charge in [-0.2, -0.15) is 0 Å².